The van der Waals surface area contributed by atoms with Crippen LogP contribution in [0.1, 0.15) is 27.0 Å². The Kier molecular flexibility index (Phi) is 8.50. The van der Waals surface area contributed by atoms with Gasteiger partial charge in [0.1, 0.15) is 24.2 Å². The summed E-state index contributed by atoms with van der Waals surface area (Å²) in [6.45, 7) is 3.16. The molecule has 2 aromatic heterocycles. The van der Waals surface area contributed by atoms with E-state index in [-0.39, 0.29) is 35.8 Å². The average Bonchev–Trinajstić information content (AvgIpc) is 2.97. The van der Waals surface area contributed by atoms with Crippen LogP contribution < -0.4 is 11.3 Å². The van der Waals surface area contributed by atoms with Crippen LogP contribution in [0.2, 0.25) is 0 Å². The number of primary amides is 1. The van der Waals surface area contributed by atoms with Gasteiger partial charge in [0.05, 0.1) is 37.5 Å². The third-order valence-corrected chi connectivity index (χ3v) is 7.34. The first kappa shape index (κ1) is 27.8. The molecule has 0 bridgehead atoms. The van der Waals surface area contributed by atoms with E-state index in [9.17, 15) is 23.9 Å². The highest BCUT2D eigenvalue weighted by Gasteiger charge is 2.28. The lowest BCUT2D eigenvalue weighted by molar-refractivity contribution is -0.135. The first-order chi connectivity index (χ1) is 19.3. The molecule has 12 heteroatoms. The molecule has 2 aliphatic heterocycles. The molecule has 5 rings (SSSR count). The minimum atomic E-state index is -1.00. The Bertz CT molecular complexity index is 1450. The van der Waals surface area contributed by atoms with Crippen LogP contribution in [0.3, 0.4) is 0 Å². The summed E-state index contributed by atoms with van der Waals surface area (Å²) in [6, 6.07) is 7.80. The number of benzene rings is 1. The van der Waals surface area contributed by atoms with Gasteiger partial charge in [-0.15, -0.1) is 0 Å². The first-order valence-electron chi connectivity index (χ1n) is 13.3. The smallest absolute Gasteiger partial charge is 0.264 e. The molecule has 0 spiro atoms. The van der Waals surface area contributed by atoms with Crippen LogP contribution >= 0.6 is 0 Å². The number of carbonyl (C=O) groups is 2. The summed E-state index contributed by atoms with van der Waals surface area (Å²) in [5, 5.41) is 11.0. The number of halogens is 1. The van der Waals surface area contributed by atoms with Gasteiger partial charge in [0.15, 0.2) is 0 Å². The molecular formula is C28H32FN5O6. The zero-order valence-electron chi connectivity index (χ0n) is 22.1. The van der Waals surface area contributed by atoms with Gasteiger partial charge in [-0.25, -0.2) is 4.39 Å². The van der Waals surface area contributed by atoms with Crippen LogP contribution in [-0.4, -0.2) is 95.1 Å². The molecule has 2 amide bonds. The summed E-state index contributed by atoms with van der Waals surface area (Å²) in [5.41, 5.74) is 7.13. The van der Waals surface area contributed by atoms with Crippen molar-refractivity contribution < 1.29 is 28.6 Å². The largest absolute Gasteiger partial charge is 0.379 e. The van der Waals surface area contributed by atoms with Crippen LogP contribution in [0.15, 0.2) is 41.3 Å². The highest BCUT2D eigenvalue weighted by atomic mass is 19.1. The van der Waals surface area contributed by atoms with Gasteiger partial charge in [0.25, 0.3) is 11.5 Å². The fourth-order valence-electron chi connectivity index (χ4n) is 5.20. The zero-order valence-corrected chi connectivity index (χ0v) is 22.1. The zero-order chi connectivity index (χ0) is 28.2. The molecule has 0 radical (unpaired) electrons. The normalized spacial score (nSPS) is 17.2. The third-order valence-electron chi connectivity index (χ3n) is 7.34. The number of aliphatic hydroxyl groups is 1. The van der Waals surface area contributed by atoms with Crippen LogP contribution in [0.4, 0.5) is 4.39 Å². The average molecular weight is 554 g/mol. The van der Waals surface area contributed by atoms with Crippen molar-refractivity contribution in [2.24, 2.45) is 5.73 Å². The SMILES string of the molecule is NC(=O)c1c(CC(O)N2CCOCC2)c2ncc(Cc3ccc(F)cc3)cc2n(CC(=O)N2CCOCC2)c1=O. The lowest BCUT2D eigenvalue weighted by Gasteiger charge is -2.31. The number of amides is 2. The van der Waals surface area contributed by atoms with Crippen molar-refractivity contribution in [1.82, 2.24) is 19.4 Å². The molecule has 212 valence electrons. The summed E-state index contributed by atoms with van der Waals surface area (Å²) in [6.07, 6.45) is 0.945. The Morgan fingerprint density at radius 3 is 2.33 bits per heavy atom. The maximum atomic E-state index is 13.8. The molecule has 1 unspecified atom stereocenters. The van der Waals surface area contributed by atoms with E-state index in [1.807, 2.05) is 0 Å². The van der Waals surface area contributed by atoms with Gasteiger partial charge in [-0.05, 0) is 35.7 Å². The molecule has 3 aromatic rings. The number of aromatic nitrogens is 2. The number of fused-ring (bicyclic) bond motifs is 1. The third kappa shape index (κ3) is 6.04. The number of carbonyl (C=O) groups excluding carboxylic acids is 2. The monoisotopic (exact) mass is 553 g/mol. The molecule has 40 heavy (non-hydrogen) atoms. The highest BCUT2D eigenvalue weighted by molar-refractivity contribution is 5.98. The van der Waals surface area contributed by atoms with Crippen LogP contribution in [0.25, 0.3) is 11.0 Å². The van der Waals surface area contributed by atoms with E-state index in [1.54, 1.807) is 34.2 Å². The molecular weight excluding hydrogens is 521 g/mol. The van der Waals surface area contributed by atoms with E-state index >= 15 is 0 Å². The van der Waals surface area contributed by atoms with E-state index in [0.717, 1.165) is 11.1 Å². The van der Waals surface area contributed by atoms with Crippen LogP contribution in [0, 0.1) is 5.82 Å². The number of rotatable bonds is 8. The van der Waals surface area contributed by atoms with Gasteiger partial charge in [-0.1, -0.05) is 12.1 Å². The molecule has 0 aliphatic carbocycles. The Hall–Kier alpha value is -3.71. The maximum Gasteiger partial charge on any atom is 0.264 e. The first-order valence-corrected chi connectivity index (χ1v) is 13.3. The number of nitrogens with two attached hydrogens (primary N) is 1. The van der Waals surface area contributed by atoms with Crippen molar-refractivity contribution in [1.29, 1.82) is 0 Å². The van der Waals surface area contributed by atoms with Gasteiger partial charge in [0, 0.05) is 44.4 Å². The molecule has 0 saturated carbocycles. The summed E-state index contributed by atoms with van der Waals surface area (Å²) in [4.78, 5) is 47.7. The fraction of sp³-hybridized carbons (Fsp3) is 0.429. The molecule has 1 aromatic carbocycles. The van der Waals surface area contributed by atoms with Gasteiger partial charge in [0.2, 0.25) is 5.91 Å². The minimum absolute atomic E-state index is 0.0629. The summed E-state index contributed by atoms with van der Waals surface area (Å²) >= 11 is 0. The number of hydrogen-bond acceptors (Lipinski definition) is 8. The standard InChI is InChI=1S/C28H32FN5O6/c29-20-3-1-18(2-4-20)13-19-14-22-26(31-16-19)21(15-23(35)32-5-9-39-10-6-32)25(27(30)37)28(38)34(22)17-24(36)33-7-11-40-12-8-33/h1-4,14,16,23,35H,5-13,15,17H2,(H2,30,37). The summed E-state index contributed by atoms with van der Waals surface area (Å²) in [7, 11) is 0. The lowest BCUT2D eigenvalue weighted by atomic mass is 9.99. The summed E-state index contributed by atoms with van der Waals surface area (Å²) < 4.78 is 25.4. The molecule has 11 nitrogen and oxygen atoms in total. The molecule has 1 atom stereocenters. The van der Waals surface area contributed by atoms with Crippen LogP contribution in [0.5, 0.6) is 0 Å². The van der Waals surface area contributed by atoms with Gasteiger partial charge < -0.3 is 25.2 Å². The highest BCUT2D eigenvalue weighted by Crippen LogP contribution is 2.24. The predicted octanol–water partition coefficient (Wildman–Crippen LogP) is 0.277. The second-order valence-corrected chi connectivity index (χ2v) is 9.95. The van der Waals surface area contributed by atoms with Crippen LogP contribution in [-0.2, 0) is 33.7 Å². The van der Waals surface area contributed by atoms with Crippen molar-refractivity contribution in [2.75, 3.05) is 52.6 Å². The van der Waals surface area contributed by atoms with Gasteiger partial charge in [-0.3, -0.25) is 28.8 Å². The molecule has 4 heterocycles. The molecule has 2 saturated heterocycles. The maximum absolute atomic E-state index is 13.8. The quantitative estimate of drug-likeness (QED) is 0.405. The Morgan fingerprint density at radius 1 is 1.02 bits per heavy atom. The Labute approximate surface area is 229 Å². The topological polar surface area (TPSA) is 140 Å². The van der Waals surface area contributed by atoms with Crippen molar-refractivity contribution in [3.63, 3.8) is 0 Å². The predicted molar refractivity (Wildman–Crippen MR) is 143 cm³/mol. The lowest BCUT2D eigenvalue weighted by Crippen LogP contribution is -2.46. The fourth-order valence-corrected chi connectivity index (χ4v) is 5.20. The van der Waals surface area contributed by atoms with Gasteiger partial charge in [-0.2, -0.15) is 0 Å². The van der Waals surface area contributed by atoms with E-state index in [0.29, 0.717) is 70.1 Å². The molecule has 2 aliphatic rings. The second kappa shape index (κ2) is 12.2. The molecule has 3 N–H and O–H groups in total. The number of pyridine rings is 2. The number of hydrogen-bond donors (Lipinski definition) is 2. The van der Waals surface area contributed by atoms with Crippen molar-refractivity contribution in [2.45, 2.75) is 25.6 Å². The minimum Gasteiger partial charge on any atom is -0.379 e. The van der Waals surface area contributed by atoms with E-state index in [1.165, 1.54) is 16.7 Å². The number of nitrogens with zero attached hydrogens (tertiary/aromatic N) is 4. The van der Waals surface area contributed by atoms with E-state index in [4.69, 9.17) is 15.2 Å². The number of morpholine rings is 2. The van der Waals surface area contributed by atoms with Crippen molar-refractivity contribution in [3.8, 4) is 0 Å². The second-order valence-electron chi connectivity index (χ2n) is 9.95. The van der Waals surface area contributed by atoms with Crippen molar-refractivity contribution >= 4 is 22.8 Å². The Balaban J connectivity index is 1.61. The molecule has 2 fully saturated rings. The summed E-state index contributed by atoms with van der Waals surface area (Å²) in [5.74, 6) is -1.61. The van der Waals surface area contributed by atoms with E-state index in [2.05, 4.69) is 4.98 Å². The Morgan fingerprint density at radius 2 is 1.68 bits per heavy atom. The van der Waals surface area contributed by atoms with Gasteiger partial charge >= 0.3 is 0 Å². The van der Waals surface area contributed by atoms with E-state index < -0.39 is 17.7 Å². The number of ether oxygens (including phenoxy) is 2. The number of aliphatic hydroxyl groups excluding tert-OH is 1. The van der Waals surface area contributed by atoms with Crippen molar-refractivity contribution in [3.05, 3.63) is 75.0 Å².